The van der Waals surface area contributed by atoms with Crippen LogP contribution in [-0.2, 0) is 15.9 Å². The van der Waals surface area contributed by atoms with Crippen LogP contribution in [0.3, 0.4) is 0 Å². The van der Waals surface area contributed by atoms with Crippen molar-refractivity contribution >= 4 is 65.9 Å². The molecule has 6 rings (SSSR count). The predicted octanol–water partition coefficient (Wildman–Crippen LogP) is 6.62. The monoisotopic (exact) mass is 736 g/mol. The Hall–Kier alpha value is -2.66. The molecule has 224 valence electrons. The first-order valence-electron chi connectivity index (χ1n) is 13.7. The molecule has 0 amide bonds. The van der Waals surface area contributed by atoms with E-state index in [4.69, 9.17) is 19.1 Å². The molecule has 0 saturated heterocycles. The van der Waals surface area contributed by atoms with Crippen LogP contribution in [0.5, 0.6) is 0 Å². The van der Waals surface area contributed by atoms with Gasteiger partial charge in [-0.05, 0) is 0 Å². The molecule has 0 saturated carbocycles. The van der Waals surface area contributed by atoms with E-state index in [1.54, 1.807) is 0 Å². The van der Waals surface area contributed by atoms with E-state index in [0.29, 0.717) is 0 Å². The quantitative estimate of drug-likeness (QED) is 0.149. The number of rotatable bonds is 6. The molecule has 2 N–H and O–H groups in total. The van der Waals surface area contributed by atoms with Gasteiger partial charge in [0.1, 0.15) is 0 Å². The third kappa shape index (κ3) is 8.29. The fourth-order valence-electron chi connectivity index (χ4n) is 5.08. The number of benzene rings is 6. The summed E-state index contributed by atoms with van der Waals surface area (Å²) in [5, 5.41) is 6.07. The van der Waals surface area contributed by atoms with Crippen LogP contribution in [0.15, 0.2) is 182 Å². The summed E-state index contributed by atoms with van der Waals surface area (Å²) in [6.07, 6.45) is 0. The first-order valence-corrected chi connectivity index (χ1v) is 21.5. The summed E-state index contributed by atoms with van der Waals surface area (Å²) in [5.41, 5.74) is 0. The normalized spacial score (nSPS) is 11.7. The summed E-state index contributed by atoms with van der Waals surface area (Å²) in [7, 11) is 3.87. The SMILES string of the molecule is O[PH](c1ccccc1)(c1ccccc1)c1ccccc1.O[PH](c1ccccc1)(c1ccccc1)c1ccccc1.[Cl][Pd][Cl]. The second kappa shape index (κ2) is 17.0. The first-order chi connectivity index (χ1) is 21.0. The molecule has 2 nitrogen and oxygen atoms in total. The molecule has 43 heavy (non-hydrogen) atoms. The Kier molecular flexibility index (Phi) is 13.1. The summed E-state index contributed by atoms with van der Waals surface area (Å²) in [6, 6.07) is 59.9. The first kappa shape index (κ1) is 33.2. The molecule has 0 spiro atoms. The Morgan fingerprint density at radius 2 is 0.419 bits per heavy atom. The van der Waals surface area contributed by atoms with Crippen LogP contribution >= 0.6 is 34.0 Å². The van der Waals surface area contributed by atoms with Gasteiger partial charge in [0.05, 0.1) is 0 Å². The van der Waals surface area contributed by atoms with Crippen molar-refractivity contribution in [2.24, 2.45) is 0 Å². The van der Waals surface area contributed by atoms with Gasteiger partial charge in [-0.3, -0.25) is 0 Å². The van der Waals surface area contributed by atoms with Gasteiger partial charge < -0.3 is 0 Å². The van der Waals surface area contributed by atoms with Crippen LogP contribution < -0.4 is 31.8 Å². The summed E-state index contributed by atoms with van der Waals surface area (Å²) < 4.78 is 0. The molecule has 0 aliphatic carbocycles. The molecule has 0 aliphatic heterocycles. The zero-order chi connectivity index (χ0) is 30.4. The maximum absolute atomic E-state index is 11.6. The Morgan fingerprint density at radius 1 is 0.302 bits per heavy atom. The van der Waals surface area contributed by atoms with Crippen LogP contribution in [0.1, 0.15) is 0 Å². The molecule has 0 fully saturated rings. The van der Waals surface area contributed by atoms with Gasteiger partial charge in [-0.15, -0.1) is 0 Å². The third-order valence-corrected chi connectivity index (χ3v) is 14.2. The van der Waals surface area contributed by atoms with Gasteiger partial charge in [0.15, 0.2) is 0 Å². The van der Waals surface area contributed by atoms with E-state index in [0.717, 1.165) is 31.8 Å². The topological polar surface area (TPSA) is 40.5 Å². The van der Waals surface area contributed by atoms with Crippen molar-refractivity contribution in [1.29, 1.82) is 0 Å². The molecule has 7 heteroatoms. The van der Waals surface area contributed by atoms with Crippen molar-refractivity contribution in [3.05, 3.63) is 182 Å². The van der Waals surface area contributed by atoms with Crippen molar-refractivity contribution < 1.29 is 25.7 Å². The molecule has 0 heterocycles. The average molecular weight is 738 g/mol. The van der Waals surface area contributed by atoms with Crippen LogP contribution in [0, 0.1) is 0 Å². The Balaban J connectivity index is 0.000000181. The fourth-order valence-corrected chi connectivity index (χ4v) is 11.1. The Bertz CT molecular complexity index is 1300. The van der Waals surface area contributed by atoms with E-state index in [9.17, 15) is 9.79 Å². The predicted molar refractivity (Wildman–Crippen MR) is 189 cm³/mol. The van der Waals surface area contributed by atoms with Crippen molar-refractivity contribution in [3.8, 4) is 0 Å². The summed E-state index contributed by atoms with van der Waals surface area (Å²) in [5.74, 6) is 0. The van der Waals surface area contributed by atoms with Crippen molar-refractivity contribution in [3.63, 3.8) is 0 Å². The molecular weight excluding hydrogens is 704 g/mol. The molecular formula is C36H34Cl2O2P2Pd. The zero-order valence-electron chi connectivity index (χ0n) is 23.3. The fraction of sp³-hybridized carbons (Fsp3) is 0. The average Bonchev–Trinajstić information content (AvgIpc) is 3.10. The van der Waals surface area contributed by atoms with Gasteiger partial charge in [0.25, 0.3) is 0 Å². The van der Waals surface area contributed by atoms with E-state index < -0.39 is 15.0 Å². The Morgan fingerprint density at radius 3 is 0.535 bits per heavy atom. The van der Waals surface area contributed by atoms with Gasteiger partial charge in [0.2, 0.25) is 0 Å². The van der Waals surface area contributed by atoms with E-state index in [1.807, 2.05) is 182 Å². The van der Waals surface area contributed by atoms with Gasteiger partial charge in [-0.1, -0.05) is 0 Å². The van der Waals surface area contributed by atoms with E-state index >= 15 is 0 Å². The molecule has 6 aromatic carbocycles. The van der Waals surface area contributed by atoms with E-state index in [-0.39, 0.29) is 15.9 Å². The summed E-state index contributed by atoms with van der Waals surface area (Å²) >= 11 is -0.106. The van der Waals surface area contributed by atoms with E-state index in [2.05, 4.69) is 0 Å². The van der Waals surface area contributed by atoms with Crippen LogP contribution in [-0.4, -0.2) is 9.79 Å². The van der Waals surface area contributed by atoms with Crippen LogP contribution in [0.2, 0.25) is 0 Å². The number of halogens is 2. The van der Waals surface area contributed by atoms with Crippen molar-refractivity contribution in [1.82, 2.24) is 0 Å². The van der Waals surface area contributed by atoms with Crippen molar-refractivity contribution in [2.45, 2.75) is 0 Å². The third-order valence-electron chi connectivity index (χ3n) is 7.15. The van der Waals surface area contributed by atoms with Gasteiger partial charge in [-0.2, -0.15) is 0 Å². The molecule has 0 unspecified atom stereocenters. The maximum atomic E-state index is 11.6. The molecule has 0 aliphatic rings. The van der Waals surface area contributed by atoms with Gasteiger partial charge in [-0.25, -0.2) is 0 Å². The standard InChI is InChI=1S/2C18H17OP.2ClH.Pd/c2*19-20(16-10-4-1-5-11-16,17-12-6-2-7-13-17)18-14-8-3-9-15-18;;;/h2*1-15,19-20H;2*1H;/q;;;;+2/p-2. The van der Waals surface area contributed by atoms with Gasteiger partial charge in [0, 0.05) is 0 Å². The minimum absolute atomic E-state index is 0.106. The second-order valence-electron chi connectivity index (χ2n) is 9.66. The van der Waals surface area contributed by atoms with Crippen molar-refractivity contribution in [2.75, 3.05) is 0 Å². The Labute approximate surface area is 271 Å². The number of hydrogen-bond acceptors (Lipinski definition) is 2. The summed E-state index contributed by atoms with van der Waals surface area (Å²) in [6.45, 7) is 0. The molecule has 0 radical (unpaired) electrons. The zero-order valence-corrected chi connectivity index (χ0v) is 28.4. The molecule has 0 bridgehead atoms. The van der Waals surface area contributed by atoms with E-state index in [1.165, 1.54) is 0 Å². The van der Waals surface area contributed by atoms with Crippen LogP contribution in [0.25, 0.3) is 0 Å². The minimum atomic E-state index is -2.88. The molecule has 0 aromatic heterocycles. The van der Waals surface area contributed by atoms with Gasteiger partial charge >= 0.3 is 274 Å². The van der Waals surface area contributed by atoms with Crippen LogP contribution in [0.4, 0.5) is 0 Å². The summed E-state index contributed by atoms with van der Waals surface area (Å²) in [4.78, 5) is 23.1. The second-order valence-corrected chi connectivity index (χ2v) is 18.3. The molecule has 0 atom stereocenters. The number of hydrogen-bond donors (Lipinski definition) is 2. The molecule has 6 aromatic rings.